The minimum Gasteiger partial charge on any atom is -0.324 e. The third-order valence-corrected chi connectivity index (χ3v) is 2.90. The predicted octanol–water partition coefficient (Wildman–Crippen LogP) is 2.27. The molecule has 0 unspecified atom stereocenters. The van der Waals surface area contributed by atoms with Gasteiger partial charge >= 0.3 is 0 Å². The highest BCUT2D eigenvalue weighted by Gasteiger charge is 2.22. The van der Waals surface area contributed by atoms with Crippen LogP contribution in [0.2, 0.25) is 0 Å². The largest absolute Gasteiger partial charge is 0.324 e. The van der Waals surface area contributed by atoms with Crippen LogP contribution in [-0.4, -0.2) is 0 Å². The van der Waals surface area contributed by atoms with E-state index in [2.05, 4.69) is 28.1 Å². The first-order valence-electron chi connectivity index (χ1n) is 4.20. The van der Waals surface area contributed by atoms with Crippen LogP contribution in [0.1, 0.15) is 29.2 Å². The van der Waals surface area contributed by atoms with E-state index in [1.54, 1.807) is 0 Å². The number of rotatable bonds is 0. The number of hydrogen-bond acceptors (Lipinski definition) is 2. The maximum atomic E-state index is 8.92. The van der Waals surface area contributed by atoms with E-state index in [0.29, 0.717) is 0 Å². The van der Waals surface area contributed by atoms with Gasteiger partial charge in [-0.25, -0.2) is 0 Å². The van der Waals surface area contributed by atoms with E-state index in [0.717, 1.165) is 28.4 Å². The zero-order chi connectivity index (χ0) is 9.42. The van der Waals surface area contributed by atoms with E-state index in [9.17, 15) is 0 Å². The van der Waals surface area contributed by atoms with Crippen molar-refractivity contribution in [2.24, 2.45) is 5.73 Å². The van der Waals surface area contributed by atoms with Crippen molar-refractivity contribution in [1.82, 2.24) is 0 Å². The summed E-state index contributed by atoms with van der Waals surface area (Å²) < 4.78 is 0.969. The van der Waals surface area contributed by atoms with Crippen LogP contribution in [0.25, 0.3) is 0 Å². The predicted molar refractivity (Wildman–Crippen MR) is 54.1 cm³/mol. The summed E-state index contributed by atoms with van der Waals surface area (Å²) in [6, 6.07) is 6.14. The maximum Gasteiger partial charge on any atom is 0.0995 e. The van der Waals surface area contributed by atoms with Gasteiger partial charge in [-0.15, -0.1) is 0 Å². The highest BCUT2D eigenvalue weighted by atomic mass is 79.9. The SMILES string of the molecule is N#Cc1cc(Br)cc2c1[C@@H](N)CC2. The molecule has 1 aromatic rings. The summed E-state index contributed by atoms with van der Waals surface area (Å²) in [5.74, 6) is 0. The van der Waals surface area contributed by atoms with E-state index in [-0.39, 0.29) is 6.04 Å². The van der Waals surface area contributed by atoms with Gasteiger partial charge < -0.3 is 5.73 Å². The zero-order valence-corrected chi connectivity index (χ0v) is 8.63. The van der Waals surface area contributed by atoms with E-state index < -0.39 is 0 Å². The second-order valence-electron chi connectivity index (χ2n) is 3.28. The zero-order valence-electron chi connectivity index (χ0n) is 7.05. The van der Waals surface area contributed by atoms with Crippen molar-refractivity contribution in [1.29, 1.82) is 5.26 Å². The second-order valence-corrected chi connectivity index (χ2v) is 4.20. The number of hydrogen-bond donors (Lipinski definition) is 1. The number of nitriles is 1. The molecule has 0 bridgehead atoms. The van der Waals surface area contributed by atoms with E-state index in [1.165, 1.54) is 5.56 Å². The van der Waals surface area contributed by atoms with Gasteiger partial charge in [-0.1, -0.05) is 15.9 Å². The number of aryl methyl sites for hydroxylation is 1. The third-order valence-electron chi connectivity index (χ3n) is 2.45. The highest BCUT2D eigenvalue weighted by Crippen LogP contribution is 2.34. The molecule has 0 saturated carbocycles. The minimum atomic E-state index is 0.0535. The standard InChI is InChI=1S/C10H9BrN2/c11-8-3-6-1-2-9(13)10(6)7(4-8)5-12/h3-4,9H,1-2,13H2/t9-/m0/s1. The lowest BCUT2D eigenvalue weighted by Crippen LogP contribution is -2.07. The van der Waals surface area contributed by atoms with E-state index in [4.69, 9.17) is 11.0 Å². The monoisotopic (exact) mass is 236 g/mol. The Kier molecular flexibility index (Phi) is 2.10. The van der Waals surface area contributed by atoms with Crippen molar-refractivity contribution >= 4 is 15.9 Å². The molecular formula is C10H9BrN2. The van der Waals surface area contributed by atoms with Gasteiger partial charge in [0, 0.05) is 10.5 Å². The third kappa shape index (κ3) is 1.37. The van der Waals surface area contributed by atoms with Crippen molar-refractivity contribution in [3.63, 3.8) is 0 Å². The Balaban J connectivity index is 2.66. The Morgan fingerprint density at radius 2 is 2.31 bits per heavy atom. The van der Waals surface area contributed by atoms with Gasteiger partial charge in [-0.05, 0) is 36.1 Å². The molecule has 1 aromatic carbocycles. The van der Waals surface area contributed by atoms with E-state index >= 15 is 0 Å². The number of benzene rings is 1. The van der Waals surface area contributed by atoms with Gasteiger partial charge in [-0.2, -0.15) is 5.26 Å². The normalized spacial score (nSPS) is 19.6. The molecule has 1 aliphatic carbocycles. The lowest BCUT2D eigenvalue weighted by atomic mass is 10.0. The summed E-state index contributed by atoms with van der Waals surface area (Å²) in [6.07, 6.45) is 1.95. The molecule has 2 rings (SSSR count). The van der Waals surface area contributed by atoms with Gasteiger partial charge in [0.05, 0.1) is 11.6 Å². The summed E-state index contributed by atoms with van der Waals surface area (Å²) in [7, 11) is 0. The summed E-state index contributed by atoms with van der Waals surface area (Å²) in [5.41, 5.74) is 8.89. The average molecular weight is 237 g/mol. The molecule has 1 atom stereocenters. The van der Waals surface area contributed by atoms with Crippen molar-refractivity contribution in [2.75, 3.05) is 0 Å². The Morgan fingerprint density at radius 1 is 1.54 bits per heavy atom. The molecule has 0 heterocycles. The molecular weight excluding hydrogens is 228 g/mol. The fourth-order valence-corrected chi connectivity index (χ4v) is 2.37. The van der Waals surface area contributed by atoms with Crippen LogP contribution in [-0.2, 0) is 6.42 Å². The van der Waals surface area contributed by atoms with Gasteiger partial charge in [0.25, 0.3) is 0 Å². The van der Waals surface area contributed by atoms with Gasteiger partial charge in [0.15, 0.2) is 0 Å². The molecule has 0 saturated heterocycles. The fraction of sp³-hybridized carbons (Fsp3) is 0.300. The highest BCUT2D eigenvalue weighted by molar-refractivity contribution is 9.10. The Morgan fingerprint density at radius 3 is 3.00 bits per heavy atom. The lowest BCUT2D eigenvalue weighted by molar-refractivity contribution is 0.712. The number of nitrogens with two attached hydrogens (primary N) is 1. The molecule has 0 spiro atoms. The van der Waals surface area contributed by atoms with Crippen LogP contribution in [0.15, 0.2) is 16.6 Å². The Bertz CT molecular complexity index is 393. The van der Waals surface area contributed by atoms with Gasteiger partial charge in [0.2, 0.25) is 0 Å². The van der Waals surface area contributed by atoms with E-state index in [1.807, 2.05) is 6.07 Å². The summed E-state index contributed by atoms with van der Waals surface area (Å²) in [5, 5.41) is 8.92. The first-order chi connectivity index (χ1) is 6.22. The Hall–Kier alpha value is -0.850. The molecule has 0 amide bonds. The molecule has 2 nitrogen and oxygen atoms in total. The first kappa shape index (κ1) is 8.74. The first-order valence-corrected chi connectivity index (χ1v) is 4.99. The Labute approximate surface area is 85.5 Å². The maximum absolute atomic E-state index is 8.92. The molecule has 0 aliphatic heterocycles. The lowest BCUT2D eigenvalue weighted by Gasteiger charge is -2.07. The number of halogens is 1. The van der Waals surface area contributed by atoms with Gasteiger partial charge in [-0.3, -0.25) is 0 Å². The van der Waals surface area contributed by atoms with Crippen LogP contribution in [0.3, 0.4) is 0 Å². The quantitative estimate of drug-likeness (QED) is 0.752. The number of fused-ring (bicyclic) bond motifs is 1. The van der Waals surface area contributed by atoms with Crippen molar-refractivity contribution < 1.29 is 0 Å². The van der Waals surface area contributed by atoms with Crippen LogP contribution < -0.4 is 5.73 Å². The molecule has 0 fully saturated rings. The summed E-state index contributed by atoms with van der Waals surface area (Å²) >= 11 is 3.38. The van der Waals surface area contributed by atoms with Gasteiger partial charge in [0.1, 0.15) is 0 Å². The average Bonchev–Trinajstić information content (AvgIpc) is 2.46. The smallest absolute Gasteiger partial charge is 0.0995 e. The van der Waals surface area contributed by atoms with Crippen molar-refractivity contribution in [3.05, 3.63) is 33.3 Å². The number of nitrogens with zero attached hydrogens (tertiary/aromatic N) is 1. The summed E-state index contributed by atoms with van der Waals surface area (Å²) in [4.78, 5) is 0. The second kappa shape index (κ2) is 3.13. The topological polar surface area (TPSA) is 49.8 Å². The fourth-order valence-electron chi connectivity index (χ4n) is 1.87. The van der Waals surface area contributed by atoms with Crippen molar-refractivity contribution in [3.8, 4) is 6.07 Å². The molecule has 1 aliphatic rings. The van der Waals surface area contributed by atoms with Crippen LogP contribution >= 0.6 is 15.9 Å². The molecule has 13 heavy (non-hydrogen) atoms. The van der Waals surface area contributed by atoms with Crippen molar-refractivity contribution in [2.45, 2.75) is 18.9 Å². The minimum absolute atomic E-state index is 0.0535. The van der Waals surface area contributed by atoms with Crippen LogP contribution in [0.4, 0.5) is 0 Å². The summed E-state index contributed by atoms with van der Waals surface area (Å²) in [6.45, 7) is 0. The van der Waals surface area contributed by atoms with Crippen LogP contribution in [0, 0.1) is 11.3 Å². The molecule has 2 N–H and O–H groups in total. The van der Waals surface area contributed by atoms with Crippen LogP contribution in [0.5, 0.6) is 0 Å². The molecule has 0 radical (unpaired) electrons. The molecule has 0 aromatic heterocycles. The molecule has 66 valence electrons. The molecule has 3 heteroatoms.